The molecule has 0 aliphatic rings. The summed E-state index contributed by atoms with van der Waals surface area (Å²) < 4.78 is 11.6. The van der Waals surface area contributed by atoms with E-state index in [9.17, 15) is 9.59 Å². The number of ketones is 1. The molecule has 2 aromatic carbocycles. The number of hydrogen-bond acceptors (Lipinski definition) is 6. The van der Waals surface area contributed by atoms with Crippen LogP contribution in [0.5, 0.6) is 11.5 Å². The molecule has 0 saturated carbocycles. The molecular weight excluding hydrogens is 372 g/mol. The molecule has 0 radical (unpaired) electrons. The van der Waals surface area contributed by atoms with Crippen molar-refractivity contribution in [3.05, 3.63) is 59.2 Å². The van der Waals surface area contributed by atoms with Gasteiger partial charge in [-0.05, 0) is 50.1 Å². The second-order valence-electron chi connectivity index (χ2n) is 6.45. The van der Waals surface area contributed by atoms with Crippen molar-refractivity contribution in [1.29, 1.82) is 0 Å². The van der Waals surface area contributed by atoms with Gasteiger partial charge in [-0.2, -0.15) is 0 Å². The number of carbonyl (C=O) groups is 2. The summed E-state index contributed by atoms with van der Waals surface area (Å²) in [5.74, 6) is 0.890. The number of oxime groups is 1. The van der Waals surface area contributed by atoms with E-state index in [0.29, 0.717) is 17.1 Å². The van der Waals surface area contributed by atoms with Gasteiger partial charge in [0.2, 0.25) is 0 Å². The zero-order valence-corrected chi connectivity index (χ0v) is 17.3. The average Bonchev–Trinajstić information content (AvgIpc) is 2.71. The largest absolute Gasteiger partial charge is 0.489 e. The van der Waals surface area contributed by atoms with E-state index in [-0.39, 0.29) is 24.0 Å². The first-order valence-corrected chi connectivity index (χ1v) is 9.19. The number of Topliss-reactive ketones (excluding diaryl/α,β-unsaturated/α-hetero) is 1. The maximum Gasteiger partial charge on any atom is 0.273 e. The number of nitrogens with one attached hydrogen (secondary N) is 1. The first-order valence-electron chi connectivity index (χ1n) is 9.19. The van der Waals surface area contributed by atoms with Crippen LogP contribution in [-0.4, -0.2) is 37.7 Å². The molecule has 7 heteroatoms. The molecule has 1 atom stereocenters. The van der Waals surface area contributed by atoms with Gasteiger partial charge >= 0.3 is 0 Å². The predicted molar refractivity (Wildman–Crippen MR) is 110 cm³/mol. The number of ether oxygens (including phenoxy) is 2. The van der Waals surface area contributed by atoms with Crippen molar-refractivity contribution >= 4 is 17.4 Å². The van der Waals surface area contributed by atoms with Crippen LogP contribution in [0.25, 0.3) is 0 Å². The molecule has 2 rings (SSSR count). The lowest BCUT2D eigenvalue weighted by atomic mass is 10.0. The summed E-state index contributed by atoms with van der Waals surface area (Å²) in [6, 6.07) is 12.7. The van der Waals surface area contributed by atoms with Gasteiger partial charge in [0.15, 0.2) is 17.6 Å². The average molecular weight is 398 g/mol. The fraction of sp³-hybridized carbons (Fsp3) is 0.318. The SMILES string of the molecule is CNC(=O)/C(=N/OC)c1ccccc1COc1ccc(OC(C)C(C)=O)cc1C. The van der Waals surface area contributed by atoms with Gasteiger partial charge < -0.3 is 19.6 Å². The lowest BCUT2D eigenvalue weighted by molar-refractivity contribution is -0.122. The van der Waals surface area contributed by atoms with Crippen LogP contribution in [0.2, 0.25) is 0 Å². The number of amides is 1. The number of aryl methyl sites for hydroxylation is 1. The van der Waals surface area contributed by atoms with Crippen molar-refractivity contribution in [3.8, 4) is 11.5 Å². The smallest absolute Gasteiger partial charge is 0.273 e. The molecule has 0 saturated heterocycles. The van der Waals surface area contributed by atoms with E-state index >= 15 is 0 Å². The van der Waals surface area contributed by atoms with Gasteiger partial charge in [0.25, 0.3) is 5.91 Å². The molecule has 1 unspecified atom stereocenters. The van der Waals surface area contributed by atoms with Crippen molar-refractivity contribution < 1.29 is 23.9 Å². The van der Waals surface area contributed by atoms with E-state index in [1.165, 1.54) is 21.1 Å². The van der Waals surface area contributed by atoms with E-state index in [1.54, 1.807) is 25.1 Å². The number of hydrogen-bond donors (Lipinski definition) is 1. The van der Waals surface area contributed by atoms with Crippen molar-refractivity contribution in [1.82, 2.24) is 5.32 Å². The Morgan fingerprint density at radius 3 is 2.52 bits per heavy atom. The minimum absolute atomic E-state index is 0.0377. The maximum absolute atomic E-state index is 12.2. The monoisotopic (exact) mass is 398 g/mol. The van der Waals surface area contributed by atoms with Gasteiger partial charge in [0, 0.05) is 12.6 Å². The van der Waals surface area contributed by atoms with E-state index in [4.69, 9.17) is 14.3 Å². The van der Waals surface area contributed by atoms with Crippen LogP contribution in [0, 0.1) is 6.92 Å². The summed E-state index contributed by atoms with van der Waals surface area (Å²) in [7, 11) is 2.93. The number of likely N-dealkylation sites (N-methyl/N-ethyl adjacent to an activating group) is 1. The fourth-order valence-electron chi connectivity index (χ4n) is 2.60. The number of rotatable bonds is 9. The van der Waals surface area contributed by atoms with Crippen molar-refractivity contribution in [2.75, 3.05) is 14.2 Å². The number of carbonyl (C=O) groups excluding carboxylic acids is 2. The van der Waals surface area contributed by atoms with E-state index in [2.05, 4.69) is 10.5 Å². The van der Waals surface area contributed by atoms with E-state index in [1.807, 2.05) is 31.2 Å². The Hall–Kier alpha value is -3.35. The molecule has 7 nitrogen and oxygen atoms in total. The number of benzene rings is 2. The third-order valence-corrected chi connectivity index (χ3v) is 4.31. The minimum atomic E-state index is -0.503. The lowest BCUT2D eigenvalue weighted by Crippen LogP contribution is -2.29. The van der Waals surface area contributed by atoms with Crippen molar-refractivity contribution in [2.45, 2.75) is 33.5 Å². The maximum atomic E-state index is 12.2. The fourth-order valence-corrected chi connectivity index (χ4v) is 2.60. The molecule has 1 N–H and O–H groups in total. The highest BCUT2D eigenvalue weighted by molar-refractivity contribution is 6.45. The van der Waals surface area contributed by atoms with Crippen LogP contribution in [0.3, 0.4) is 0 Å². The van der Waals surface area contributed by atoms with Crippen molar-refractivity contribution in [2.24, 2.45) is 5.16 Å². The molecule has 0 fully saturated rings. The van der Waals surface area contributed by atoms with Gasteiger partial charge in [-0.25, -0.2) is 0 Å². The van der Waals surface area contributed by atoms with Gasteiger partial charge in [-0.3, -0.25) is 9.59 Å². The Morgan fingerprint density at radius 1 is 1.17 bits per heavy atom. The van der Waals surface area contributed by atoms with Crippen LogP contribution in [0.1, 0.15) is 30.5 Å². The summed E-state index contributed by atoms with van der Waals surface area (Å²) in [6.45, 7) is 5.34. The molecular formula is C22H26N2O5. The quantitative estimate of drug-likeness (QED) is 0.518. The molecule has 0 aliphatic heterocycles. The Morgan fingerprint density at radius 2 is 1.90 bits per heavy atom. The van der Waals surface area contributed by atoms with Gasteiger partial charge in [-0.1, -0.05) is 29.4 Å². The Labute approximate surface area is 170 Å². The topological polar surface area (TPSA) is 86.2 Å². The van der Waals surface area contributed by atoms with Gasteiger partial charge in [0.1, 0.15) is 25.2 Å². The van der Waals surface area contributed by atoms with E-state index in [0.717, 1.165) is 11.1 Å². The van der Waals surface area contributed by atoms with Gasteiger partial charge in [0.05, 0.1) is 0 Å². The molecule has 154 valence electrons. The molecule has 0 aliphatic carbocycles. The van der Waals surface area contributed by atoms with Gasteiger partial charge in [-0.15, -0.1) is 0 Å². The first kappa shape index (κ1) is 21.9. The zero-order chi connectivity index (χ0) is 21.4. The Bertz CT molecular complexity index is 908. The third-order valence-electron chi connectivity index (χ3n) is 4.31. The van der Waals surface area contributed by atoms with Crippen LogP contribution in [0.4, 0.5) is 0 Å². The van der Waals surface area contributed by atoms with Crippen LogP contribution < -0.4 is 14.8 Å². The lowest BCUT2D eigenvalue weighted by Gasteiger charge is -2.15. The molecule has 2 aromatic rings. The summed E-state index contributed by atoms with van der Waals surface area (Å²) >= 11 is 0. The molecule has 29 heavy (non-hydrogen) atoms. The highest BCUT2D eigenvalue weighted by atomic mass is 16.6. The molecule has 0 aromatic heterocycles. The zero-order valence-electron chi connectivity index (χ0n) is 17.3. The molecule has 1 amide bonds. The Balaban J connectivity index is 2.19. The molecule has 0 bridgehead atoms. The van der Waals surface area contributed by atoms with Crippen LogP contribution in [0.15, 0.2) is 47.6 Å². The van der Waals surface area contributed by atoms with E-state index < -0.39 is 6.10 Å². The first-order chi connectivity index (χ1) is 13.9. The summed E-state index contributed by atoms with van der Waals surface area (Å²) in [5, 5.41) is 6.42. The Kier molecular flexibility index (Phi) is 7.77. The second-order valence-corrected chi connectivity index (χ2v) is 6.45. The van der Waals surface area contributed by atoms with Crippen molar-refractivity contribution in [3.63, 3.8) is 0 Å². The standard InChI is InChI=1S/C22H26N2O5/c1-14-12-18(29-16(3)15(2)25)10-11-20(14)28-13-17-8-6-7-9-19(17)21(24-27-5)22(26)23-4/h6-12,16H,13H2,1-5H3,(H,23,26)/b24-21+. The molecule has 0 spiro atoms. The summed E-state index contributed by atoms with van der Waals surface area (Å²) in [5.41, 5.74) is 2.46. The normalized spacial score (nSPS) is 12.1. The summed E-state index contributed by atoms with van der Waals surface area (Å²) in [6.07, 6.45) is -0.503. The molecule has 0 heterocycles. The highest BCUT2D eigenvalue weighted by Crippen LogP contribution is 2.25. The minimum Gasteiger partial charge on any atom is -0.489 e. The second kappa shape index (κ2) is 10.3. The summed E-state index contributed by atoms with van der Waals surface area (Å²) in [4.78, 5) is 28.3. The van der Waals surface area contributed by atoms with Crippen LogP contribution in [-0.2, 0) is 21.0 Å². The third kappa shape index (κ3) is 5.81. The predicted octanol–water partition coefficient (Wildman–Crippen LogP) is 3.03. The van der Waals surface area contributed by atoms with Crippen LogP contribution >= 0.6 is 0 Å². The number of nitrogens with zero attached hydrogens (tertiary/aromatic N) is 1. The highest BCUT2D eigenvalue weighted by Gasteiger charge is 2.18.